The molecular weight excluding hydrogens is 330 g/mol. The first-order valence-corrected chi connectivity index (χ1v) is 9.46. The van der Waals surface area contributed by atoms with E-state index in [1.165, 1.54) is 16.8 Å². The van der Waals surface area contributed by atoms with Crippen molar-refractivity contribution < 1.29 is 0 Å². The first kappa shape index (κ1) is 19.2. The van der Waals surface area contributed by atoms with Gasteiger partial charge in [0.1, 0.15) is 0 Å². The molecule has 1 aromatic heterocycles. The van der Waals surface area contributed by atoms with Crippen molar-refractivity contribution in [3.63, 3.8) is 0 Å². The second-order valence-corrected chi connectivity index (χ2v) is 7.47. The Bertz CT molecular complexity index is 720. The molecule has 6 heteroatoms. The quantitative estimate of drug-likeness (QED) is 0.634. The summed E-state index contributed by atoms with van der Waals surface area (Å²) in [5.74, 6) is 0.901. The Morgan fingerprint density at radius 3 is 2.60 bits per heavy atom. The molecule has 0 amide bonds. The summed E-state index contributed by atoms with van der Waals surface area (Å²) < 4.78 is 0. The number of aliphatic imine (C=N–C) groups is 1. The van der Waals surface area contributed by atoms with Crippen LogP contribution in [0, 0.1) is 13.8 Å². The molecule has 2 rings (SSSR count). The highest BCUT2D eigenvalue weighted by Gasteiger charge is 2.10. The summed E-state index contributed by atoms with van der Waals surface area (Å²) in [7, 11) is 6.20. The maximum absolute atomic E-state index is 4.84. The number of aromatic nitrogens is 1. The number of thiazole rings is 1. The maximum Gasteiger partial charge on any atom is 0.194 e. The van der Waals surface area contributed by atoms with E-state index in [1.54, 1.807) is 11.3 Å². The molecule has 0 spiro atoms. The van der Waals surface area contributed by atoms with Crippen LogP contribution in [0.2, 0.25) is 0 Å². The molecule has 0 aliphatic heterocycles. The van der Waals surface area contributed by atoms with Crippen molar-refractivity contribution in [2.45, 2.75) is 33.9 Å². The van der Waals surface area contributed by atoms with Crippen LogP contribution in [0.3, 0.4) is 0 Å². The highest BCUT2D eigenvalue weighted by Crippen LogP contribution is 2.21. The summed E-state index contributed by atoms with van der Waals surface area (Å²) in [6, 6.07) is 6.52. The fraction of sp³-hybridized carbons (Fsp3) is 0.474. The summed E-state index contributed by atoms with van der Waals surface area (Å²) in [5.41, 5.74) is 4.79. The van der Waals surface area contributed by atoms with Crippen molar-refractivity contribution in [1.29, 1.82) is 0 Å². The van der Waals surface area contributed by atoms with Gasteiger partial charge in [-0.15, -0.1) is 11.3 Å². The zero-order valence-corrected chi connectivity index (χ0v) is 16.9. The molecule has 136 valence electrons. The molecule has 1 N–H and O–H groups in total. The number of nitrogens with zero attached hydrogens (tertiary/aromatic N) is 4. The van der Waals surface area contributed by atoms with Gasteiger partial charge in [0.25, 0.3) is 0 Å². The Morgan fingerprint density at radius 2 is 2.00 bits per heavy atom. The number of rotatable bonds is 6. The van der Waals surface area contributed by atoms with E-state index in [0.717, 1.165) is 29.8 Å². The van der Waals surface area contributed by atoms with E-state index in [-0.39, 0.29) is 0 Å². The Kier molecular flexibility index (Phi) is 6.82. The van der Waals surface area contributed by atoms with Crippen LogP contribution in [-0.2, 0) is 13.1 Å². The van der Waals surface area contributed by atoms with Crippen LogP contribution < -0.4 is 10.2 Å². The van der Waals surface area contributed by atoms with Gasteiger partial charge in [0.15, 0.2) is 5.96 Å². The molecule has 0 radical (unpaired) electrons. The van der Waals surface area contributed by atoms with E-state index >= 15 is 0 Å². The standard InChI is InChI=1S/C19H29N5S/c1-7-20-19(24(6)12-17-13-25-15(3)22-17)21-11-16-9-8-14(2)10-18(16)23(4)5/h8-10,13H,7,11-12H2,1-6H3,(H,20,21). The van der Waals surface area contributed by atoms with Gasteiger partial charge in [-0.3, -0.25) is 0 Å². The van der Waals surface area contributed by atoms with E-state index in [9.17, 15) is 0 Å². The van der Waals surface area contributed by atoms with E-state index in [2.05, 4.69) is 78.7 Å². The van der Waals surface area contributed by atoms with Gasteiger partial charge in [0, 0.05) is 38.8 Å². The number of guanidine groups is 1. The minimum atomic E-state index is 0.649. The summed E-state index contributed by atoms with van der Waals surface area (Å²) in [6.45, 7) is 8.49. The predicted molar refractivity (Wildman–Crippen MR) is 109 cm³/mol. The first-order chi connectivity index (χ1) is 11.9. The molecule has 0 aliphatic carbocycles. The molecule has 0 bridgehead atoms. The molecule has 5 nitrogen and oxygen atoms in total. The lowest BCUT2D eigenvalue weighted by molar-refractivity contribution is 0.471. The van der Waals surface area contributed by atoms with Crippen molar-refractivity contribution in [2.75, 3.05) is 32.6 Å². The number of nitrogens with one attached hydrogen (secondary N) is 1. The Labute approximate surface area is 155 Å². The highest BCUT2D eigenvalue weighted by molar-refractivity contribution is 7.09. The molecule has 0 saturated carbocycles. The van der Waals surface area contributed by atoms with Crippen molar-refractivity contribution >= 4 is 23.0 Å². The number of hydrogen-bond donors (Lipinski definition) is 1. The van der Waals surface area contributed by atoms with E-state index < -0.39 is 0 Å². The molecular formula is C19H29N5S. The SMILES string of the molecule is CCNC(=NCc1ccc(C)cc1N(C)C)N(C)Cc1csc(C)n1. The molecule has 0 atom stereocenters. The van der Waals surface area contributed by atoms with E-state index in [4.69, 9.17) is 4.99 Å². The molecule has 1 aromatic carbocycles. The van der Waals surface area contributed by atoms with Crippen LogP contribution >= 0.6 is 11.3 Å². The van der Waals surface area contributed by atoms with Crippen molar-refractivity contribution in [1.82, 2.24) is 15.2 Å². The molecule has 1 heterocycles. The lowest BCUT2D eigenvalue weighted by Crippen LogP contribution is -2.38. The minimum Gasteiger partial charge on any atom is -0.377 e. The zero-order valence-electron chi connectivity index (χ0n) is 16.1. The van der Waals surface area contributed by atoms with E-state index in [0.29, 0.717) is 6.54 Å². The average molecular weight is 360 g/mol. The molecule has 0 aliphatic rings. The van der Waals surface area contributed by atoms with Gasteiger partial charge in [-0.2, -0.15) is 0 Å². The Balaban J connectivity index is 2.16. The number of aryl methyl sites for hydroxylation is 2. The van der Waals surface area contributed by atoms with Gasteiger partial charge in [-0.1, -0.05) is 12.1 Å². The third-order valence-electron chi connectivity index (χ3n) is 3.88. The summed E-state index contributed by atoms with van der Waals surface area (Å²) in [4.78, 5) is 13.7. The second kappa shape index (κ2) is 8.85. The van der Waals surface area contributed by atoms with Gasteiger partial charge in [-0.25, -0.2) is 9.98 Å². The zero-order chi connectivity index (χ0) is 18.4. The van der Waals surface area contributed by atoms with Crippen LogP contribution in [-0.4, -0.2) is 43.5 Å². The van der Waals surface area contributed by atoms with Gasteiger partial charge >= 0.3 is 0 Å². The molecule has 2 aromatic rings. The van der Waals surface area contributed by atoms with Crippen molar-refractivity contribution in [3.8, 4) is 0 Å². The smallest absolute Gasteiger partial charge is 0.194 e. The molecule has 25 heavy (non-hydrogen) atoms. The van der Waals surface area contributed by atoms with Gasteiger partial charge in [-0.05, 0) is 38.0 Å². The Hall–Kier alpha value is -2.08. The van der Waals surface area contributed by atoms with Crippen LogP contribution in [0.4, 0.5) is 5.69 Å². The lowest BCUT2D eigenvalue weighted by Gasteiger charge is -2.22. The topological polar surface area (TPSA) is 43.8 Å². The highest BCUT2D eigenvalue weighted by atomic mass is 32.1. The van der Waals surface area contributed by atoms with Crippen LogP contribution in [0.5, 0.6) is 0 Å². The molecule has 0 fully saturated rings. The monoisotopic (exact) mass is 359 g/mol. The van der Waals surface area contributed by atoms with Gasteiger partial charge in [0.2, 0.25) is 0 Å². The number of anilines is 1. The third kappa shape index (κ3) is 5.46. The normalized spacial score (nSPS) is 11.5. The fourth-order valence-corrected chi connectivity index (χ4v) is 3.26. The summed E-state index contributed by atoms with van der Waals surface area (Å²) in [6.07, 6.45) is 0. The lowest BCUT2D eigenvalue weighted by atomic mass is 10.1. The predicted octanol–water partition coefficient (Wildman–Crippen LogP) is 3.42. The Morgan fingerprint density at radius 1 is 1.24 bits per heavy atom. The second-order valence-electron chi connectivity index (χ2n) is 6.41. The van der Waals surface area contributed by atoms with E-state index in [1.807, 2.05) is 6.92 Å². The number of benzene rings is 1. The first-order valence-electron chi connectivity index (χ1n) is 8.58. The minimum absolute atomic E-state index is 0.649. The van der Waals surface area contributed by atoms with Crippen LogP contribution in [0.1, 0.15) is 28.8 Å². The third-order valence-corrected chi connectivity index (χ3v) is 4.71. The summed E-state index contributed by atoms with van der Waals surface area (Å²) >= 11 is 1.68. The number of hydrogen-bond acceptors (Lipinski definition) is 4. The largest absolute Gasteiger partial charge is 0.377 e. The summed E-state index contributed by atoms with van der Waals surface area (Å²) in [5, 5.41) is 6.59. The molecule has 0 saturated heterocycles. The van der Waals surface area contributed by atoms with Crippen molar-refractivity contribution in [3.05, 3.63) is 45.4 Å². The maximum atomic E-state index is 4.84. The van der Waals surface area contributed by atoms with Crippen molar-refractivity contribution in [2.24, 2.45) is 4.99 Å². The molecule has 0 unspecified atom stereocenters. The van der Waals surface area contributed by atoms with Gasteiger partial charge in [0.05, 0.1) is 23.8 Å². The average Bonchev–Trinajstić information content (AvgIpc) is 2.97. The van der Waals surface area contributed by atoms with Gasteiger partial charge < -0.3 is 15.1 Å². The fourth-order valence-electron chi connectivity index (χ4n) is 2.65. The van der Waals surface area contributed by atoms with Crippen LogP contribution in [0.15, 0.2) is 28.6 Å². The van der Waals surface area contributed by atoms with Crippen LogP contribution in [0.25, 0.3) is 0 Å².